The second-order valence-electron chi connectivity index (χ2n) is 9.78. The fraction of sp³-hybridized carbons (Fsp3) is 0.545. The number of nitrogens with one attached hydrogen (secondary N) is 3. The highest BCUT2D eigenvalue weighted by molar-refractivity contribution is 5.69. The molecule has 198 valence electrons. The molecule has 1 aliphatic heterocycles. The number of nitrogens with zero attached hydrogens (tertiary/aromatic N) is 4. The molecule has 4 aliphatic rings. The van der Waals surface area contributed by atoms with E-state index >= 15 is 4.39 Å². The van der Waals surface area contributed by atoms with E-state index in [0.717, 1.165) is 19.3 Å². The number of H-pyrrole nitrogens is 1. The number of aryl methyl sites for hydroxylation is 1. The number of anilines is 2. The van der Waals surface area contributed by atoms with Crippen molar-refractivity contribution in [3.05, 3.63) is 35.4 Å². The van der Waals surface area contributed by atoms with Crippen molar-refractivity contribution in [3.63, 3.8) is 0 Å². The molecule has 3 atom stereocenters. The number of hydrogen-bond donors (Lipinski definition) is 3. The van der Waals surface area contributed by atoms with Crippen LogP contribution in [0.5, 0.6) is 0 Å². The van der Waals surface area contributed by atoms with Gasteiger partial charge in [0.1, 0.15) is 11.8 Å². The van der Waals surface area contributed by atoms with Crippen LogP contribution in [0.4, 0.5) is 34.1 Å². The van der Waals surface area contributed by atoms with Crippen molar-refractivity contribution in [2.24, 2.45) is 5.92 Å². The zero-order valence-electron chi connectivity index (χ0n) is 19.5. The molecular formula is C22H23F4N7O4. The Balaban J connectivity index is 1.11. The summed E-state index contributed by atoms with van der Waals surface area (Å²) < 4.78 is 68.4. The second-order valence-corrected chi connectivity index (χ2v) is 9.78. The molecule has 1 saturated heterocycles. The molecule has 3 saturated carbocycles. The topological polar surface area (TPSA) is 128 Å². The summed E-state index contributed by atoms with van der Waals surface area (Å²) in [7, 11) is 0. The first-order valence-corrected chi connectivity index (χ1v) is 11.7. The molecule has 11 nitrogen and oxygen atoms in total. The van der Waals surface area contributed by atoms with Crippen molar-refractivity contribution in [2.75, 3.05) is 11.9 Å². The Bertz CT molecular complexity index is 1330. The number of carbonyl (C=O) groups excluding carboxylic acids is 1. The van der Waals surface area contributed by atoms with Crippen molar-refractivity contribution in [1.82, 2.24) is 29.9 Å². The average molecular weight is 525 g/mol. The van der Waals surface area contributed by atoms with Crippen molar-refractivity contribution < 1.29 is 36.6 Å². The number of carbonyl (C=O) groups is 1. The van der Waals surface area contributed by atoms with Gasteiger partial charge in [-0.25, -0.2) is 19.2 Å². The maximum Gasteiger partial charge on any atom is 0.522 e. The summed E-state index contributed by atoms with van der Waals surface area (Å²) in [4.78, 5) is 20.7. The Labute approximate surface area is 206 Å². The van der Waals surface area contributed by atoms with E-state index in [4.69, 9.17) is 9.47 Å². The average Bonchev–Trinajstić information content (AvgIpc) is 3.47. The van der Waals surface area contributed by atoms with Crippen LogP contribution in [0.2, 0.25) is 0 Å². The zero-order chi connectivity index (χ0) is 25.9. The molecule has 3 aliphatic carbocycles. The van der Waals surface area contributed by atoms with Gasteiger partial charge in [-0.05, 0) is 32.1 Å². The van der Waals surface area contributed by atoms with Gasteiger partial charge in [-0.3, -0.25) is 14.2 Å². The lowest BCUT2D eigenvalue weighted by atomic mass is 9.50. The van der Waals surface area contributed by atoms with E-state index in [1.54, 1.807) is 13.0 Å². The lowest BCUT2D eigenvalue weighted by molar-refractivity contribution is -0.330. The first kappa shape index (κ1) is 23.9. The minimum Gasteiger partial charge on any atom is -0.441 e. The number of alkyl halides is 4. The molecule has 3 N–H and O–H groups in total. The first-order valence-electron chi connectivity index (χ1n) is 11.7. The Morgan fingerprint density at radius 2 is 2.08 bits per heavy atom. The molecule has 0 spiro atoms. The summed E-state index contributed by atoms with van der Waals surface area (Å²) in [5.74, 6) is 1.18. The van der Waals surface area contributed by atoms with Gasteiger partial charge in [0.2, 0.25) is 5.95 Å². The van der Waals surface area contributed by atoms with Crippen molar-refractivity contribution in [3.8, 4) is 0 Å². The van der Waals surface area contributed by atoms with Gasteiger partial charge in [0.15, 0.2) is 18.1 Å². The highest BCUT2D eigenvalue weighted by atomic mass is 19.4. The third-order valence-corrected chi connectivity index (χ3v) is 6.91. The van der Waals surface area contributed by atoms with Crippen LogP contribution < -0.4 is 10.6 Å². The van der Waals surface area contributed by atoms with Crippen LogP contribution in [-0.2, 0) is 20.8 Å². The van der Waals surface area contributed by atoms with Gasteiger partial charge in [0.25, 0.3) is 0 Å². The number of fused-ring (bicyclic) bond motifs is 1. The largest absolute Gasteiger partial charge is 0.522 e. The van der Waals surface area contributed by atoms with Crippen molar-refractivity contribution in [2.45, 2.75) is 63.1 Å². The van der Waals surface area contributed by atoms with Gasteiger partial charge in [-0.2, -0.15) is 5.10 Å². The van der Waals surface area contributed by atoms with Crippen molar-refractivity contribution >= 4 is 23.5 Å². The highest BCUT2D eigenvalue weighted by Gasteiger charge is 2.58. The predicted molar refractivity (Wildman–Crippen MR) is 118 cm³/mol. The van der Waals surface area contributed by atoms with Gasteiger partial charge in [0, 0.05) is 29.6 Å². The van der Waals surface area contributed by atoms with Gasteiger partial charge >= 0.3 is 12.5 Å². The maximum atomic E-state index is 15.1. The Morgan fingerprint density at radius 3 is 2.78 bits per heavy atom. The number of ether oxygens (including phenoxy) is 3. The molecule has 15 heteroatoms. The standard InChI is InChI=1S/C22H23F4N7O4/c1-10-2-16-28-12(8-36-22(24,25)26)7-33(16)19(27-10)29-15-3-13(31-32-15)18-17(23)14(9-35-18)37-20(34)30-21-4-11(5-21)6-21/h2-3,7,11,14,17-18H,4-6,8-9H2,1H3,(H,30,34)(H2,27,29,31,32)/t11?,14-,17-,18-,21?/m0/s1. The summed E-state index contributed by atoms with van der Waals surface area (Å²) in [6.07, 6.45) is -4.93. The van der Waals surface area contributed by atoms with Gasteiger partial charge in [-0.1, -0.05) is 0 Å². The number of halogens is 4. The second kappa shape index (κ2) is 8.55. The molecule has 3 aromatic rings. The van der Waals surface area contributed by atoms with Gasteiger partial charge in [0.05, 0.1) is 24.6 Å². The van der Waals surface area contributed by atoms with E-state index in [0.29, 0.717) is 23.0 Å². The number of alkyl carbamates (subject to hydrolysis) is 1. The zero-order valence-corrected chi connectivity index (χ0v) is 19.5. The monoisotopic (exact) mass is 525 g/mol. The number of imidazole rings is 1. The third kappa shape index (κ3) is 4.68. The van der Waals surface area contributed by atoms with E-state index < -0.39 is 37.4 Å². The fourth-order valence-electron chi connectivity index (χ4n) is 5.08. The van der Waals surface area contributed by atoms with Crippen LogP contribution in [0.25, 0.3) is 5.65 Å². The summed E-state index contributed by atoms with van der Waals surface area (Å²) >= 11 is 0. The van der Waals surface area contributed by atoms with Crippen molar-refractivity contribution in [1.29, 1.82) is 0 Å². The lowest BCUT2D eigenvalue weighted by Crippen LogP contribution is -2.68. The lowest BCUT2D eigenvalue weighted by Gasteiger charge is -2.61. The van der Waals surface area contributed by atoms with E-state index in [-0.39, 0.29) is 29.6 Å². The van der Waals surface area contributed by atoms with Crippen LogP contribution >= 0.6 is 0 Å². The molecule has 1 amide bonds. The normalized spacial score (nSPS) is 28.6. The van der Waals surface area contributed by atoms with E-state index in [1.165, 1.54) is 16.7 Å². The minimum absolute atomic E-state index is 0.0548. The SMILES string of the molecule is Cc1cc2nc(COC(F)(F)F)cn2c(Nc2cc([C@@H]3OC[C@H](OC(=O)NC45CC(C4)C5)[C@@H]3F)[nH]n2)n1. The van der Waals surface area contributed by atoms with E-state index in [2.05, 4.69) is 35.5 Å². The Morgan fingerprint density at radius 1 is 1.30 bits per heavy atom. The molecule has 0 aromatic carbocycles. The number of aromatic amines is 1. The van der Waals surface area contributed by atoms with Gasteiger partial charge < -0.3 is 20.1 Å². The summed E-state index contributed by atoms with van der Waals surface area (Å²) in [6.45, 7) is 0.844. The minimum atomic E-state index is -4.78. The molecular weight excluding hydrogens is 502 g/mol. The summed E-state index contributed by atoms with van der Waals surface area (Å²) in [6, 6.07) is 3.12. The van der Waals surface area contributed by atoms with Crippen LogP contribution in [0.3, 0.4) is 0 Å². The third-order valence-electron chi connectivity index (χ3n) is 6.91. The Kier molecular flexibility index (Phi) is 5.52. The molecule has 0 unspecified atom stereocenters. The molecule has 7 rings (SSSR count). The molecule has 2 bridgehead atoms. The maximum absolute atomic E-state index is 15.1. The van der Waals surface area contributed by atoms with Crippen LogP contribution in [-0.4, -0.2) is 61.4 Å². The van der Waals surface area contributed by atoms with Crippen LogP contribution in [0.1, 0.15) is 42.4 Å². The molecule has 3 aromatic heterocycles. The smallest absolute Gasteiger partial charge is 0.441 e. The Hall–Kier alpha value is -3.46. The quantitative estimate of drug-likeness (QED) is 0.400. The molecule has 0 radical (unpaired) electrons. The molecule has 4 heterocycles. The highest BCUT2D eigenvalue weighted by Crippen LogP contribution is 2.57. The van der Waals surface area contributed by atoms with E-state index in [9.17, 15) is 18.0 Å². The molecule has 37 heavy (non-hydrogen) atoms. The van der Waals surface area contributed by atoms with Crippen LogP contribution in [0, 0.1) is 12.8 Å². The summed E-state index contributed by atoms with van der Waals surface area (Å²) in [5, 5.41) is 12.6. The molecule has 4 fully saturated rings. The number of aromatic nitrogens is 5. The van der Waals surface area contributed by atoms with Gasteiger partial charge in [-0.15, -0.1) is 13.2 Å². The van der Waals surface area contributed by atoms with Crippen LogP contribution in [0.15, 0.2) is 18.3 Å². The van der Waals surface area contributed by atoms with E-state index in [1.807, 2.05) is 0 Å². The summed E-state index contributed by atoms with van der Waals surface area (Å²) in [5.41, 5.74) is 1.10. The number of hydrogen-bond acceptors (Lipinski definition) is 8. The number of rotatable bonds is 7. The first-order chi connectivity index (χ1) is 17.6. The predicted octanol–water partition coefficient (Wildman–Crippen LogP) is 3.60. The number of amides is 1. The fourth-order valence-corrected chi connectivity index (χ4v) is 5.08.